The SMILES string of the molecule is CCC(C)(C)NCc1cc(OC)c2c(c1)OCO2. The Morgan fingerprint density at radius 2 is 2.11 bits per heavy atom. The highest BCUT2D eigenvalue weighted by Gasteiger charge is 2.21. The fraction of sp³-hybridized carbons (Fsp3) is 0.571. The van der Waals surface area contributed by atoms with Crippen molar-refractivity contribution >= 4 is 0 Å². The summed E-state index contributed by atoms with van der Waals surface area (Å²) >= 11 is 0. The molecule has 0 aromatic heterocycles. The smallest absolute Gasteiger partial charge is 0.231 e. The average molecular weight is 251 g/mol. The molecule has 0 atom stereocenters. The number of fused-ring (bicyclic) bond motifs is 1. The van der Waals surface area contributed by atoms with E-state index in [4.69, 9.17) is 14.2 Å². The zero-order valence-electron chi connectivity index (χ0n) is 11.5. The first-order valence-electron chi connectivity index (χ1n) is 6.27. The third kappa shape index (κ3) is 2.70. The molecule has 2 rings (SSSR count). The van der Waals surface area contributed by atoms with Gasteiger partial charge in [-0.1, -0.05) is 6.92 Å². The van der Waals surface area contributed by atoms with E-state index in [0.29, 0.717) is 5.75 Å². The normalized spacial score (nSPS) is 13.8. The molecule has 0 aliphatic carbocycles. The number of ether oxygens (including phenoxy) is 3. The van der Waals surface area contributed by atoms with Crippen molar-refractivity contribution in [1.29, 1.82) is 0 Å². The van der Waals surface area contributed by atoms with Gasteiger partial charge in [-0.2, -0.15) is 0 Å². The van der Waals surface area contributed by atoms with Gasteiger partial charge in [-0.05, 0) is 38.0 Å². The van der Waals surface area contributed by atoms with E-state index < -0.39 is 0 Å². The van der Waals surface area contributed by atoms with Gasteiger partial charge in [0.25, 0.3) is 0 Å². The van der Waals surface area contributed by atoms with Gasteiger partial charge in [0.1, 0.15) is 0 Å². The fourth-order valence-corrected chi connectivity index (χ4v) is 1.75. The van der Waals surface area contributed by atoms with Crippen molar-refractivity contribution in [2.75, 3.05) is 13.9 Å². The second-order valence-corrected chi connectivity index (χ2v) is 5.12. The first kappa shape index (κ1) is 13.0. The van der Waals surface area contributed by atoms with Crippen molar-refractivity contribution in [1.82, 2.24) is 5.32 Å². The third-order valence-corrected chi connectivity index (χ3v) is 3.37. The highest BCUT2D eigenvalue weighted by molar-refractivity contribution is 5.55. The zero-order valence-corrected chi connectivity index (χ0v) is 11.5. The topological polar surface area (TPSA) is 39.7 Å². The van der Waals surface area contributed by atoms with E-state index in [1.54, 1.807) is 7.11 Å². The van der Waals surface area contributed by atoms with Crippen LogP contribution in [0.3, 0.4) is 0 Å². The van der Waals surface area contributed by atoms with Gasteiger partial charge in [-0.25, -0.2) is 0 Å². The molecule has 1 aromatic carbocycles. The van der Waals surface area contributed by atoms with Gasteiger partial charge in [0.15, 0.2) is 11.5 Å². The van der Waals surface area contributed by atoms with E-state index in [0.717, 1.165) is 30.0 Å². The van der Waals surface area contributed by atoms with Crippen LogP contribution in [0, 0.1) is 0 Å². The lowest BCUT2D eigenvalue weighted by Gasteiger charge is -2.24. The Balaban J connectivity index is 2.15. The van der Waals surface area contributed by atoms with Crippen LogP contribution in [0.5, 0.6) is 17.2 Å². The van der Waals surface area contributed by atoms with Gasteiger partial charge >= 0.3 is 0 Å². The van der Waals surface area contributed by atoms with Crippen molar-refractivity contribution in [3.8, 4) is 17.2 Å². The van der Waals surface area contributed by atoms with Gasteiger partial charge in [0.05, 0.1) is 7.11 Å². The summed E-state index contributed by atoms with van der Waals surface area (Å²) < 4.78 is 16.1. The summed E-state index contributed by atoms with van der Waals surface area (Å²) in [5.41, 5.74) is 1.27. The minimum Gasteiger partial charge on any atom is -0.493 e. The van der Waals surface area contributed by atoms with Crippen LogP contribution in [0.2, 0.25) is 0 Å². The summed E-state index contributed by atoms with van der Waals surface area (Å²) in [6, 6.07) is 4.00. The predicted molar refractivity (Wildman–Crippen MR) is 70.3 cm³/mol. The third-order valence-electron chi connectivity index (χ3n) is 3.37. The van der Waals surface area contributed by atoms with Gasteiger partial charge in [-0.15, -0.1) is 0 Å². The van der Waals surface area contributed by atoms with Crippen LogP contribution >= 0.6 is 0 Å². The van der Waals surface area contributed by atoms with Gasteiger partial charge in [-0.3, -0.25) is 0 Å². The molecule has 4 heteroatoms. The quantitative estimate of drug-likeness (QED) is 0.873. The molecule has 1 heterocycles. The summed E-state index contributed by atoms with van der Waals surface area (Å²) in [5, 5.41) is 3.52. The Bertz CT molecular complexity index is 429. The Labute approximate surface area is 108 Å². The number of hydrogen-bond donors (Lipinski definition) is 1. The molecule has 1 aromatic rings. The van der Waals surface area contributed by atoms with Gasteiger partial charge in [0, 0.05) is 12.1 Å². The van der Waals surface area contributed by atoms with Crippen LogP contribution in [-0.4, -0.2) is 19.4 Å². The number of benzene rings is 1. The van der Waals surface area contributed by atoms with Crippen molar-refractivity contribution in [3.05, 3.63) is 17.7 Å². The van der Waals surface area contributed by atoms with Crippen molar-refractivity contribution in [2.45, 2.75) is 39.3 Å². The van der Waals surface area contributed by atoms with Gasteiger partial charge in [0.2, 0.25) is 12.5 Å². The largest absolute Gasteiger partial charge is 0.493 e. The standard InChI is InChI=1S/C14H21NO3/c1-5-14(2,3)15-8-10-6-11(16-4)13-12(7-10)17-9-18-13/h6-7,15H,5,8-9H2,1-4H3. The molecule has 0 bridgehead atoms. The molecule has 18 heavy (non-hydrogen) atoms. The van der Waals surface area contributed by atoms with Crippen LogP contribution in [0.4, 0.5) is 0 Å². The molecule has 0 saturated carbocycles. The molecule has 0 saturated heterocycles. The molecule has 0 fully saturated rings. The number of rotatable bonds is 5. The molecule has 4 nitrogen and oxygen atoms in total. The average Bonchev–Trinajstić information content (AvgIpc) is 2.83. The van der Waals surface area contributed by atoms with E-state index in [1.165, 1.54) is 0 Å². The van der Waals surface area contributed by atoms with E-state index in [2.05, 4.69) is 26.1 Å². The minimum atomic E-state index is 0.129. The highest BCUT2D eigenvalue weighted by Crippen LogP contribution is 2.41. The number of hydrogen-bond acceptors (Lipinski definition) is 4. The van der Waals surface area contributed by atoms with Crippen LogP contribution in [0.1, 0.15) is 32.8 Å². The van der Waals surface area contributed by atoms with Gasteiger partial charge < -0.3 is 19.5 Å². The summed E-state index contributed by atoms with van der Waals surface area (Å²) in [6.07, 6.45) is 1.08. The van der Waals surface area contributed by atoms with Crippen molar-refractivity contribution in [2.24, 2.45) is 0 Å². The fourth-order valence-electron chi connectivity index (χ4n) is 1.75. The Morgan fingerprint density at radius 1 is 1.33 bits per heavy atom. The molecule has 0 amide bonds. The maximum atomic E-state index is 5.41. The maximum Gasteiger partial charge on any atom is 0.231 e. The summed E-state index contributed by atoms with van der Waals surface area (Å²) in [4.78, 5) is 0. The molecule has 1 aliphatic rings. The Morgan fingerprint density at radius 3 is 2.78 bits per heavy atom. The van der Waals surface area contributed by atoms with Crippen LogP contribution < -0.4 is 19.5 Å². The van der Waals surface area contributed by atoms with E-state index >= 15 is 0 Å². The lowest BCUT2D eigenvalue weighted by Crippen LogP contribution is -2.37. The molecule has 1 aliphatic heterocycles. The van der Waals surface area contributed by atoms with E-state index in [9.17, 15) is 0 Å². The Hall–Kier alpha value is -1.42. The van der Waals surface area contributed by atoms with E-state index in [-0.39, 0.29) is 12.3 Å². The molecule has 0 unspecified atom stereocenters. The molecule has 1 N–H and O–H groups in total. The van der Waals surface area contributed by atoms with E-state index in [1.807, 2.05) is 12.1 Å². The first-order valence-corrected chi connectivity index (χ1v) is 6.27. The minimum absolute atomic E-state index is 0.129. The van der Waals surface area contributed by atoms with Crippen molar-refractivity contribution in [3.63, 3.8) is 0 Å². The monoisotopic (exact) mass is 251 g/mol. The second kappa shape index (κ2) is 5.06. The number of nitrogens with one attached hydrogen (secondary N) is 1. The van der Waals surface area contributed by atoms with Crippen LogP contribution in [0.25, 0.3) is 0 Å². The molecule has 0 radical (unpaired) electrons. The first-order chi connectivity index (χ1) is 8.55. The van der Waals surface area contributed by atoms with Crippen LogP contribution in [-0.2, 0) is 6.54 Å². The predicted octanol–water partition coefficient (Wildman–Crippen LogP) is 2.70. The Kier molecular flexibility index (Phi) is 3.66. The molecular formula is C14H21NO3. The maximum absolute atomic E-state index is 5.41. The second-order valence-electron chi connectivity index (χ2n) is 5.12. The number of methoxy groups -OCH3 is 1. The summed E-state index contributed by atoms with van der Waals surface area (Å²) in [6.45, 7) is 7.61. The molecule has 0 spiro atoms. The molecule has 100 valence electrons. The molecular weight excluding hydrogens is 230 g/mol. The van der Waals surface area contributed by atoms with Crippen molar-refractivity contribution < 1.29 is 14.2 Å². The summed E-state index contributed by atoms with van der Waals surface area (Å²) in [7, 11) is 1.64. The lowest BCUT2D eigenvalue weighted by atomic mass is 10.0. The highest BCUT2D eigenvalue weighted by atomic mass is 16.7. The lowest BCUT2D eigenvalue weighted by molar-refractivity contribution is 0.171. The van der Waals surface area contributed by atoms with Crippen LogP contribution in [0.15, 0.2) is 12.1 Å². The zero-order chi connectivity index (χ0) is 13.2. The summed E-state index contributed by atoms with van der Waals surface area (Å²) in [5.74, 6) is 2.20.